The zero-order valence-electron chi connectivity index (χ0n) is 15.9. The zero-order valence-corrected chi connectivity index (χ0v) is 16.7. The molecule has 0 bridgehead atoms. The third-order valence-corrected chi connectivity index (χ3v) is 4.83. The Labute approximate surface area is 162 Å². The van der Waals surface area contributed by atoms with Gasteiger partial charge in [0.2, 0.25) is 5.91 Å². The van der Waals surface area contributed by atoms with Crippen LogP contribution < -0.4 is 10.6 Å². The van der Waals surface area contributed by atoms with Gasteiger partial charge in [0.05, 0.1) is 9.88 Å². The van der Waals surface area contributed by atoms with E-state index in [4.69, 9.17) is 4.74 Å². The van der Waals surface area contributed by atoms with E-state index in [0.717, 1.165) is 11.1 Å². The van der Waals surface area contributed by atoms with Gasteiger partial charge in [0, 0.05) is 5.41 Å². The number of carbonyl (C=O) groups excluding carboxylic acids is 3. The third kappa shape index (κ3) is 6.21. The van der Waals surface area contributed by atoms with E-state index < -0.39 is 11.4 Å². The Morgan fingerprint density at radius 1 is 1.11 bits per heavy atom. The third-order valence-electron chi connectivity index (χ3n) is 3.68. The van der Waals surface area contributed by atoms with Gasteiger partial charge in [-0.1, -0.05) is 51.1 Å². The normalized spacial score (nSPS) is 11.0. The SMILES string of the molecule is Cc1cc(NC(=O)C(C)(C)C)sc1C(=O)NCC(=O)OCc1ccccc1. The zero-order chi connectivity index (χ0) is 20.0. The number of esters is 1. The van der Waals surface area contributed by atoms with Crippen molar-refractivity contribution in [2.24, 2.45) is 5.41 Å². The summed E-state index contributed by atoms with van der Waals surface area (Å²) in [5, 5.41) is 5.97. The van der Waals surface area contributed by atoms with Crippen LogP contribution >= 0.6 is 11.3 Å². The number of thiophene rings is 1. The standard InChI is InChI=1S/C20H24N2O4S/c1-13-10-15(22-19(25)20(2,3)4)27-17(13)18(24)21-11-16(23)26-12-14-8-6-5-7-9-14/h5-10H,11-12H2,1-4H3,(H,21,24)(H,22,25). The molecule has 0 fully saturated rings. The monoisotopic (exact) mass is 388 g/mol. The highest BCUT2D eigenvalue weighted by Crippen LogP contribution is 2.28. The van der Waals surface area contributed by atoms with Crippen molar-refractivity contribution >= 4 is 34.1 Å². The molecule has 0 unspecified atom stereocenters. The lowest BCUT2D eigenvalue weighted by Crippen LogP contribution is -2.30. The van der Waals surface area contributed by atoms with Gasteiger partial charge in [0.15, 0.2) is 0 Å². The van der Waals surface area contributed by atoms with Crippen LogP contribution in [0.5, 0.6) is 0 Å². The second-order valence-corrected chi connectivity index (χ2v) is 8.21. The van der Waals surface area contributed by atoms with Crippen LogP contribution in [0.1, 0.15) is 41.6 Å². The van der Waals surface area contributed by atoms with E-state index in [1.54, 1.807) is 13.0 Å². The first kappa shape index (κ1) is 20.6. The highest BCUT2D eigenvalue weighted by Gasteiger charge is 2.23. The van der Waals surface area contributed by atoms with Gasteiger partial charge in [0.1, 0.15) is 13.2 Å². The highest BCUT2D eigenvalue weighted by molar-refractivity contribution is 7.18. The first-order chi connectivity index (χ1) is 12.7. The highest BCUT2D eigenvalue weighted by atomic mass is 32.1. The van der Waals surface area contributed by atoms with Crippen LogP contribution in [-0.4, -0.2) is 24.3 Å². The molecule has 0 aliphatic heterocycles. The lowest BCUT2D eigenvalue weighted by Gasteiger charge is -2.16. The fourth-order valence-electron chi connectivity index (χ4n) is 2.09. The fourth-order valence-corrected chi connectivity index (χ4v) is 3.07. The number of benzene rings is 1. The summed E-state index contributed by atoms with van der Waals surface area (Å²) < 4.78 is 5.13. The molecule has 0 aliphatic rings. The Balaban J connectivity index is 1.86. The van der Waals surface area contributed by atoms with Crippen LogP contribution in [0.3, 0.4) is 0 Å². The van der Waals surface area contributed by atoms with Gasteiger partial charge in [-0.3, -0.25) is 14.4 Å². The molecule has 0 aliphatic carbocycles. The molecule has 27 heavy (non-hydrogen) atoms. The van der Waals surface area contributed by atoms with Crippen molar-refractivity contribution < 1.29 is 19.1 Å². The minimum Gasteiger partial charge on any atom is -0.460 e. The van der Waals surface area contributed by atoms with Crippen molar-refractivity contribution in [2.75, 3.05) is 11.9 Å². The van der Waals surface area contributed by atoms with Crippen LogP contribution in [0.15, 0.2) is 36.4 Å². The van der Waals surface area contributed by atoms with Gasteiger partial charge < -0.3 is 15.4 Å². The Bertz CT molecular complexity index is 822. The molecule has 2 N–H and O–H groups in total. The number of hydrogen-bond acceptors (Lipinski definition) is 5. The smallest absolute Gasteiger partial charge is 0.325 e. The number of amides is 2. The lowest BCUT2D eigenvalue weighted by atomic mass is 9.96. The van der Waals surface area contributed by atoms with Crippen LogP contribution in [0.2, 0.25) is 0 Å². The average Bonchev–Trinajstić information content (AvgIpc) is 2.98. The molecular formula is C20H24N2O4S. The Kier molecular flexibility index (Phi) is 6.74. The van der Waals surface area contributed by atoms with E-state index >= 15 is 0 Å². The molecule has 0 atom stereocenters. The van der Waals surface area contributed by atoms with E-state index in [-0.39, 0.29) is 25.0 Å². The molecule has 0 spiro atoms. The molecule has 0 saturated carbocycles. The number of rotatable bonds is 6. The summed E-state index contributed by atoms with van der Waals surface area (Å²) in [5.41, 5.74) is 1.09. The second-order valence-electron chi connectivity index (χ2n) is 7.16. The van der Waals surface area contributed by atoms with Crippen LogP contribution in [-0.2, 0) is 20.9 Å². The average molecular weight is 388 g/mol. The number of ether oxygens (including phenoxy) is 1. The molecule has 2 rings (SSSR count). The molecule has 7 heteroatoms. The minimum absolute atomic E-state index is 0.125. The molecule has 1 aromatic carbocycles. The molecule has 1 aromatic heterocycles. The fraction of sp³-hybridized carbons (Fsp3) is 0.350. The van der Waals surface area contributed by atoms with Gasteiger partial charge in [0.25, 0.3) is 5.91 Å². The van der Waals surface area contributed by atoms with Gasteiger partial charge in [-0.15, -0.1) is 11.3 Å². The molecule has 6 nitrogen and oxygen atoms in total. The number of carbonyl (C=O) groups is 3. The molecule has 2 amide bonds. The summed E-state index contributed by atoms with van der Waals surface area (Å²) in [6.45, 7) is 7.18. The van der Waals surface area contributed by atoms with E-state index in [2.05, 4.69) is 10.6 Å². The maximum Gasteiger partial charge on any atom is 0.325 e. The largest absolute Gasteiger partial charge is 0.460 e. The number of aryl methyl sites for hydroxylation is 1. The van der Waals surface area contributed by atoms with Gasteiger partial charge in [-0.25, -0.2) is 0 Å². The summed E-state index contributed by atoms with van der Waals surface area (Å²) >= 11 is 1.18. The van der Waals surface area contributed by atoms with E-state index in [0.29, 0.717) is 9.88 Å². The van der Waals surface area contributed by atoms with Crippen LogP contribution in [0.4, 0.5) is 5.00 Å². The van der Waals surface area contributed by atoms with Crippen molar-refractivity contribution in [1.82, 2.24) is 5.32 Å². The van der Waals surface area contributed by atoms with Crippen molar-refractivity contribution in [1.29, 1.82) is 0 Å². The number of hydrogen-bond donors (Lipinski definition) is 2. The lowest BCUT2D eigenvalue weighted by molar-refractivity contribution is -0.143. The first-order valence-electron chi connectivity index (χ1n) is 8.56. The maximum absolute atomic E-state index is 12.3. The first-order valence-corrected chi connectivity index (χ1v) is 9.38. The Morgan fingerprint density at radius 3 is 2.41 bits per heavy atom. The Morgan fingerprint density at radius 2 is 1.78 bits per heavy atom. The van der Waals surface area contributed by atoms with Crippen molar-refractivity contribution in [3.8, 4) is 0 Å². The van der Waals surface area contributed by atoms with Crippen LogP contribution in [0.25, 0.3) is 0 Å². The topological polar surface area (TPSA) is 84.5 Å². The van der Waals surface area contributed by atoms with E-state index in [1.165, 1.54) is 11.3 Å². The summed E-state index contributed by atoms with van der Waals surface area (Å²) in [5.74, 6) is -1.01. The molecule has 0 radical (unpaired) electrons. The number of nitrogens with one attached hydrogen (secondary N) is 2. The molecule has 0 saturated heterocycles. The van der Waals surface area contributed by atoms with Gasteiger partial charge in [-0.2, -0.15) is 0 Å². The summed E-state index contributed by atoms with van der Waals surface area (Å²) in [6, 6.07) is 11.1. The molecule has 144 valence electrons. The molecular weight excluding hydrogens is 364 g/mol. The predicted octanol–water partition coefficient (Wildman–Crippen LogP) is 3.51. The predicted molar refractivity (Wildman–Crippen MR) is 106 cm³/mol. The Hall–Kier alpha value is -2.67. The minimum atomic E-state index is -0.525. The molecule has 2 aromatic rings. The number of anilines is 1. The summed E-state index contributed by atoms with van der Waals surface area (Å²) in [7, 11) is 0. The summed E-state index contributed by atoms with van der Waals surface area (Å²) in [4.78, 5) is 36.6. The van der Waals surface area contributed by atoms with Crippen LogP contribution in [0, 0.1) is 12.3 Å². The quantitative estimate of drug-likeness (QED) is 0.742. The van der Waals surface area contributed by atoms with Crippen molar-refractivity contribution in [3.63, 3.8) is 0 Å². The van der Waals surface area contributed by atoms with Gasteiger partial charge >= 0.3 is 5.97 Å². The second kappa shape index (κ2) is 8.81. The molecule has 1 heterocycles. The van der Waals surface area contributed by atoms with E-state index in [1.807, 2.05) is 51.1 Å². The van der Waals surface area contributed by atoms with Crippen molar-refractivity contribution in [3.05, 3.63) is 52.4 Å². The van der Waals surface area contributed by atoms with E-state index in [9.17, 15) is 14.4 Å². The summed E-state index contributed by atoms with van der Waals surface area (Å²) in [6.07, 6.45) is 0. The van der Waals surface area contributed by atoms with Gasteiger partial charge in [-0.05, 0) is 24.1 Å². The van der Waals surface area contributed by atoms with Crippen molar-refractivity contribution in [2.45, 2.75) is 34.3 Å². The maximum atomic E-state index is 12.3.